The Bertz CT molecular complexity index is 953. The van der Waals surface area contributed by atoms with Crippen molar-refractivity contribution in [3.63, 3.8) is 0 Å². The lowest BCUT2D eigenvalue weighted by Gasteiger charge is -2.09. The van der Waals surface area contributed by atoms with E-state index < -0.39 is 5.97 Å². The number of hydrogen-bond donors (Lipinski definition) is 1. The summed E-state index contributed by atoms with van der Waals surface area (Å²) >= 11 is 1.63. The maximum absolute atomic E-state index is 13.7. The first-order valence-corrected chi connectivity index (χ1v) is 9.69. The maximum Gasteiger partial charge on any atom is 0.341 e. The predicted octanol–water partition coefficient (Wildman–Crippen LogP) is 5.51. The Morgan fingerprint density at radius 3 is 2.36 bits per heavy atom. The molecule has 0 unspecified atom stereocenters. The van der Waals surface area contributed by atoms with Crippen molar-refractivity contribution in [2.75, 3.05) is 12.4 Å². The number of benzene rings is 3. The van der Waals surface area contributed by atoms with Crippen LogP contribution in [0.1, 0.15) is 11.1 Å². The van der Waals surface area contributed by atoms with Gasteiger partial charge in [0.2, 0.25) is 0 Å². The van der Waals surface area contributed by atoms with Gasteiger partial charge < -0.3 is 9.84 Å². The van der Waals surface area contributed by atoms with Crippen molar-refractivity contribution in [1.82, 2.24) is 0 Å². The van der Waals surface area contributed by atoms with Crippen molar-refractivity contribution in [2.24, 2.45) is 0 Å². The van der Waals surface area contributed by atoms with Crippen molar-refractivity contribution < 1.29 is 19.0 Å². The Morgan fingerprint density at radius 2 is 1.68 bits per heavy atom. The summed E-state index contributed by atoms with van der Waals surface area (Å²) in [4.78, 5) is 11.6. The first-order valence-electron chi connectivity index (χ1n) is 8.71. The molecule has 0 amide bonds. The second kappa shape index (κ2) is 9.76. The fourth-order valence-corrected chi connectivity index (χ4v) is 3.45. The van der Waals surface area contributed by atoms with Crippen molar-refractivity contribution in [1.29, 1.82) is 0 Å². The zero-order valence-corrected chi connectivity index (χ0v) is 15.9. The van der Waals surface area contributed by atoms with E-state index in [-0.39, 0.29) is 12.4 Å². The van der Waals surface area contributed by atoms with E-state index >= 15 is 0 Å². The minimum absolute atomic E-state index is 0.260. The molecule has 0 spiro atoms. The second-order valence-corrected chi connectivity index (χ2v) is 7.05. The Hall–Kier alpha value is -3.05. The van der Waals surface area contributed by atoms with Gasteiger partial charge >= 0.3 is 5.97 Å². The van der Waals surface area contributed by atoms with Crippen LogP contribution in [0, 0.1) is 5.82 Å². The molecule has 1 N–H and O–H groups in total. The monoisotopic (exact) mass is 394 g/mol. The molecule has 0 bridgehead atoms. The molecule has 0 aliphatic carbocycles. The number of carbonyl (C=O) groups is 1. The number of ether oxygens (including phenoxy) is 1. The lowest BCUT2D eigenvalue weighted by molar-refractivity contribution is -0.139. The molecule has 0 heterocycles. The van der Waals surface area contributed by atoms with Gasteiger partial charge in [-0.3, -0.25) is 0 Å². The van der Waals surface area contributed by atoms with Gasteiger partial charge in [-0.05, 0) is 53.1 Å². The summed E-state index contributed by atoms with van der Waals surface area (Å²) in [5, 5.41) is 8.64. The zero-order valence-electron chi connectivity index (χ0n) is 15.0. The van der Waals surface area contributed by atoms with Gasteiger partial charge in [0.1, 0.15) is 11.6 Å². The molecule has 3 rings (SSSR count). The van der Waals surface area contributed by atoms with Gasteiger partial charge in [0.15, 0.2) is 6.61 Å². The molecular formula is C23H19FO3S. The van der Waals surface area contributed by atoms with Crippen molar-refractivity contribution in [3.8, 4) is 5.75 Å². The molecule has 0 aromatic heterocycles. The van der Waals surface area contributed by atoms with Gasteiger partial charge in [0.05, 0.1) is 0 Å². The van der Waals surface area contributed by atoms with Gasteiger partial charge in [-0.15, -0.1) is 11.8 Å². The van der Waals surface area contributed by atoms with Gasteiger partial charge in [-0.2, -0.15) is 0 Å². The smallest absolute Gasteiger partial charge is 0.341 e. The maximum atomic E-state index is 13.7. The van der Waals surface area contributed by atoms with Gasteiger partial charge in [-0.1, -0.05) is 48.5 Å². The number of rotatable bonds is 8. The molecule has 0 radical (unpaired) electrons. The average molecular weight is 394 g/mol. The van der Waals surface area contributed by atoms with E-state index in [4.69, 9.17) is 9.84 Å². The highest BCUT2D eigenvalue weighted by molar-refractivity contribution is 7.99. The summed E-state index contributed by atoms with van der Waals surface area (Å²) in [6.45, 7) is -0.358. The van der Waals surface area contributed by atoms with Gasteiger partial charge in [-0.25, -0.2) is 9.18 Å². The lowest BCUT2D eigenvalue weighted by atomic mass is 9.98. The second-order valence-electron chi connectivity index (χ2n) is 5.96. The molecule has 5 heteroatoms. The predicted molar refractivity (Wildman–Crippen MR) is 110 cm³/mol. The number of carboxylic acid groups (broad SMARTS) is 1. The van der Waals surface area contributed by atoms with Crippen LogP contribution in [0.15, 0.2) is 89.8 Å². The summed E-state index contributed by atoms with van der Waals surface area (Å²) < 4.78 is 18.8. The number of aliphatic carboxylic acids is 1. The standard InChI is InChI=1S/C23H19FO3S/c24-19-8-4-7-18(15-19)22(17-5-2-1-3-6-17)13-14-28-21-11-9-20(10-12-21)27-16-23(25)26/h1-13,15H,14,16H2,(H,25,26)/b22-13-. The van der Waals surface area contributed by atoms with Crippen LogP contribution in [-0.2, 0) is 4.79 Å². The molecule has 3 aromatic carbocycles. The summed E-state index contributed by atoms with van der Waals surface area (Å²) in [6.07, 6.45) is 2.09. The molecule has 0 fully saturated rings. The van der Waals surface area contributed by atoms with Crippen LogP contribution in [0.2, 0.25) is 0 Å². The molecule has 28 heavy (non-hydrogen) atoms. The summed E-state index contributed by atoms with van der Waals surface area (Å²) in [6, 6.07) is 23.8. The summed E-state index contributed by atoms with van der Waals surface area (Å²) in [7, 11) is 0. The van der Waals surface area contributed by atoms with Crippen molar-refractivity contribution >= 4 is 23.3 Å². The van der Waals surface area contributed by atoms with Crippen LogP contribution < -0.4 is 4.74 Å². The van der Waals surface area contributed by atoms with Crippen LogP contribution in [0.5, 0.6) is 5.75 Å². The van der Waals surface area contributed by atoms with E-state index in [1.165, 1.54) is 12.1 Å². The lowest BCUT2D eigenvalue weighted by Crippen LogP contribution is -2.09. The van der Waals surface area contributed by atoms with Crippen molar-refractivity contribution in [2.45, 2.75) is 4.90 Å². The number of thioether (sulfide) groups is 1. The van der Waals surface area contributed by atoms with Crippen LogP contribution in [-0.4, -0.2) is 23.4 Å². The molecule has 0 aliphatic rings. The first kappa shape index (κ1) is 19.7. The SMILES string of the molecule is O=C(O)COc1ccc(SC/C=C(/c2ccccc2)c2cccc(F)c2)cc1. The van der Waals surface area contributed by atoms with Crippen molar-refractivity contribution in [3.05, 3.63) is 102 Å². The van der Waals surface area contributed by atoms with E-state index in [0.717, 1.165) is 21.6 Å². The molecule has 0 saturated carbocycles. The Morgan fingerprint density at radius 1 is 0.964 bits per heavy atom. The summed E-state index contributed by atoms with van der Waals surface area (Å²) in [5.74, 6) is -0.0406. The highest BCUT2D eigenvalue weighted by Crippen LogP contribution is 2.27. The quantitative estimate of drug-likeness (QED) is 0.512. The fraction of sp³-hybridized carbons (Fsp3) is 0.0870. The van der Waals surface area contributed by atoms with Crippen LogP contribution in [0.25, 0.3) is 5.57 Å². The topological polar surface area (TPSA) is 46.5 Å². The fourth-order valence-electron chi connectivity index (χ4n) is 2.67. The van der Waals surface area contributed by atoms with Crippen LogP contribution in [0.4, 0.5) is 4.39 Å². The third kappa shape index (κ3) is 5.72. The highest BCUT2D eigenvalue weighted by Gasteiger charge is 2.06. The van der Waals surface area contributed by atoms with E-state index in [1.807, 2.05) is 48.5 Å². The molecule has 142 valence electrons. The summed E-state index contributed by atoms with van der Waals surface area (Å²) in [5.41, 5.74) is 2.85. The van der Waals surface area contributed by atoms with E-state index in [1.54, 1.807) is 30.0 Å². The third-order valence-electron chi connectivity index (χ3n) is 3.94. The first-order chi connectivity index (χ1) is 13.6. The molecule has 3 nitrogen and oxygen atoms in total. The number of hydrogen-bond acceptors (Lipinski definition) is 3. The largest absolute Gasteiger partial charge is 0.482 e. The number of carboxylic acids is 1. The Balaban J connectivity index is 1.72. The molecule has 3 aromatic rings. The van der Waals surface area contributed by atoms with Gasteiger partial charge in [0, 0.05) is 10.6 Å². The molecule has 0 saturated heterocycles. The molecular weight excluding hydrogens is 375 g/mol. The van der Waals surface area contributed by atoms with E-state index in [9.17, 15) is 9.18 Å². The average Bonchev–Trinajstić information content (AvgIpc) is 2.71. The minimum atomic E-state index is -1.01. The van der Waals surface area contributed by atoms with Gasteiger partial charge in [0.25, 0.3) is 0 Å². The molecule has 0 atom stereocenters. The van der Waals surface area contributed by atoms with Crippen LogP contribution in [0.3, 0.4) is 0 Å². The molecule has 0 aliphatic heterocycles. The highest BCUT2D eigenvalue weighted by atomic mass is 32.2. The third-order valence-corrected chi connectivity index (χ3v) is 4.88. The zero-order chi connectivity index (χ0) is 19.8. The van der Waals surface area contributed by atoms with E-state index in [0.29, 0.717) is 11.5 Å². The Labute approximate surface area is 167 Å². The Kier molecular flexibility index (Phi) is 6.87. The number of halogens is 1. The normalized spacial score (nSPS) is 11.2. The minimum Gasteiger partial charge on any atom is -0.482 e. The van der Waals surface area contributed by atoms with E-state index in [2.05, 4.69) is 6.08 Å². The van der Waals surface area contributed by atoms with Crippen LogP contribution >= 0.6 is 11.8 Å².